The Morgan fingerprint density at radius 3 is 2.38 bits per heavy atom. The zero-order chi connectivity index (χ0) is 17.1. The molecule has 0 fully saturated rings. The first-order valence-electron chi connectivity index (χ1n) is 7.62. The maximum atomic E-state index is 12.6. The van der Waals surface area contributed by atoms with Crippen molar-refractivity contribution in [2.75, 3.05) is 26.6 Å². The van der Waals surface area contributed by atoms with Crippen molar-refractivity contribution in [1.29, 1.82) is 0 Å². The van der Waals surface area contributed by atoms with Gasteiger partial charge in [0.1, 0.15) is 12.1 Å². The minimum absolute atomic E-state index is 0.290. The summed E-state index contributed by atoms with van der Waals surface area (Å²) < 4.78 is 15.8. The van der Waals surface area contributed by atoms with Crippen LogP contribution in [0.2, 0.25) is 0 Å². The van der Waals surface area contributed by atoms with E-state index in [1.54, 1.807) is 12.1 Å². The van der Waals surface area contributed by atoms with Crippen LogP contribution in [0.3, 0.4) is 0 Å². The van der Waals surface area contributed by atoms with E-state index >= 15 is 0 Å². The molecule has 2 aromatic rings. The smallest absolute Gasteiger partial charge is 0.257 e. The lowest BCUT2D eigenvalue weighted by atomic mass is 10.1. The number of amides is 1. The summed E-state index contributed by atoms with van der Waals surface area (Å²) in [5.41, 5.74) is 2.42. The summed E-state index contributed by atoms with van der Waals surface area (Å²) in [6.45, 7) is 0. The zero-order valence-electron chi connectivity index (χ0n) is 13.9. The zero-order valence-corrected chi connectivity index (χ0v) is 13.9. The molecule has 1 aromatic heterocycles. The third-order valence-corrected chi connectivity index (χ3v) is 4.03. The van der Waals surface area contributed by atoms with Crippen LogP contribution in [0.5, 0.6) is 17.2 Å². The summed E-state index contributed by atoms with van der Waals surface area (Å²) >= 11 is 0. The third kappa shape index (κ3) is 2.84. The van der Waals surface area contributed by atoms with Crippen molar-refractivity contribution >= 4 is 11.7 Å². The first-order chi connectivity index (χ1) is 11.7. The minimum atomic E-state index is -0.290. The predicted molar refractivity (Wildman–Crippen MR) is 88.1 cm³/mol. The van der Waals surface area contributed by atoms with Gasteiger partial charge in [-0.1, -0.05) is 0 Å². The number of carbonyl (C=O) groups excluding carboxylic acids is 1. The van der Waals surface area contributed by atoms with Crippen LogP contribution in [0.15, 0.2) is 18.5 Å². The van der Waals surface area contributed by atoms with E-state index in [0.717, 1.165) is 30.5 Å². The van der Waals surface area contributed by atoms with Gasteiger partial charge in [0.05, 0.1) is 21.3 Å². The van der Waals surface area contributed by atoms with Gasteiger partial charge in [-0.3, -0.25) is 4.79 Å². The van der Waals surface area contributed by atoms with E-state index in [-0.39, 0.29) is 5.91 Å². The second kappa shape index (κ2) is 6.74. The van der Waals surface area contributed by atoms with Crippen LogP contribution in [0, 0.1) is 0 Å². The monoisotopic (exact) mass is 329 g/mol. The highest BCUT2D eigenvalue weighted by molar-refractivity contribution is 6.05. The lowest BCUT2D eigenvalue weighted by Gasteiger charge is -2.14. The number of aryl methyl sites for hydroxylation is 1. The minimum Gasteiger partial charge on any atom is -0.493 e. The van der Waals surface area contributed by atoms with Crippen LogP contribution < -0.4 is 19.5 Å². The van der Waals surface area contributed by atoms with Crippen molar-refractivity contribution in [2.24, 2.45) is 0 Å². The van der Waals surface area contributed by atoms with Crippen molar-refractivity contribution in [2.45, 2.75) is 19.3 Å². The van der Waals surface area contributed by atoms with E-state index in [0.29, 0.717) is 28.6 Å². The molecule has 0 unspecified atom stereocenters. The normalized spacial score (nSPS) is 12.5. The predicted octanol–water partition coefficient (Wildman–Crippen LogP) is 2.24. The number of nitrogens with zero attached hydrogens (tertiary/aromatic N) is 2. The SMILES string of the molecule is COc1cc(C(=O)Nc2ncnc3c2CCC3)cc(OC)c1OC. The number of nitrogens with one attached hydrogen (secondary N) is 1. The van der Waals surface area contributed by atoms with Crippen molar-refractivity contribution in [3.05, 3.63) is 35.3 Å². The Hall–Kier alpha value is -2.83. The van der Waals surface area contributed by atoms with Crippen LogP contribution in [0.4, 0.5) is 5.82 Å². The van der Waals surface area contributed by atoms with E-state index in [1.807, 2.05) is 0 Å². The van der Waals surface area contributed by atoms with Gasteiger partial charge in [-0.25, -0.2) is 9.97 Å². The van der Waals surface area contributed by atoms with Crippen molar-refractivity contribution in [3.63, 3.8) is 0 Å². The van der Waals surface area contributed by atoms with Crippen LogP contribution in [-0.2, 0) is 12.8 Å². The molecule has 3 rings (SSSR count). The fourth-order valence-corrected chi connectivity index (χ4v) is 2.86. The standard InChI is InChI=1S/C17H19N3O4/c1-22-13-7-10(8-14(23-2)15(13)24-3)17(21)20-16-11-5-4-6-12(11)18-9-19-16/h7-9H,4-6H2,1-3H3,(H,18,19,20,21). The van der Waals surface area contributed by atoms with E-state index < -0.39 is 0 Å². The van der Waals surface area contributed by atoms with Gasteiger partial charge >= 0.3 is 0 Å². The summed E-state index contributed by atoms with van der Waals surface area (Å²) in [5.74, 6) is 1.57. The number of anilines is 1. The third-order valence-electron chi connectivity index (χ3n) is 4.03. The maximum absolute atomic E-state index is 12.6. The average molecular weight is 329 g/mol. The van der Waals surface area contributed by atoms with Crippen LogP contribution in [0.1, 0.15) is 28.0 Å². The van der Waals surface area contributed by atoms with Gasteiger partial charge in [0.15, 0.2) is 11.5 Å². The molecule has 1 amide bonds. The van der Waals surface area contributed by atoms with Crippen molar-refractivity contribution in [1.82, 2.24) is 9.97 Å². The molecular weight excluding hydrogens is 310 g/mol. The summed E-state index contributed by atoms with van der Waals surface area (Å²) in [6.07, 6.45) is 4.31. The molecule has 1 aliphatic rings. The van der Waals surface area contributed by atoms with Crippen LogP contribution in [-0.4, -0.2) is 37.2 Å². The maximum Gasteiger partial charge on any atom is 0.257 e. The topological polar surface area (TPSA) is 82.6 Å². The highest BCUT2D eigenvalue weighted by Crippen LogP contribution is 2.38. The van der Waals surface area contributed by atoms with Gasteiger partial charge in [-0.15, -0.1) is 0 Å². The molecule has 1 N–H and O–H groups in total. The Kier molecular flexibility index (Phi) is 4.50. The van der Waals surface area contributed by atoms with Gasteiger partial charge in [0, 0.05) is 16.8 Å². The quantitative estimate of drug-likeness (QED) is 0.906. The Morgan fingerprint density at radius 1 is 1.04 bits per heavy atom. The van der Waals surface area contributed by atoms with E-state index in [9.17, 15) is 4.79 Å². The Labute approximate surface area is 140 Å². The molecule has 0 bridgehead atoms. The lowest BCUT2D eigenvalue weighted by molar-refractivity contribution is 0.102. The number of fused-ring (bicyclic) bond motifs is 1. The summed E-state index contributed by atoms with van der Waals surface area (Å²) in [7, 11) is 4.54. The number of benzene rings is 1. The number of hydrogen-bond donors (Lipinski definition) is 1. The highest BCUT2D eigenvalue weighted by Gasteiger charge is 2.21. The number of ether oxygens (including phenoxy) is 3. The van der Waals surface area contributed by atoms with Gasteiger partial charge in [-0.05, 0) is 31.4 Å². The molecular formula is C17H19N3O4. The second-order valence-corrected chi connectivity index (χ2v) is 5.37. The number of methoxy groups -OCH3 is 3. The molecule has 0 radical (unpaired) electrons. The molecule has 1 heterocycles. The molecule has 7 nitrogen and oxygen atoms in total. The first kappa shape index (κ1) is 16.0. The summed E-state index contributed by atoms with van der Waals surface area (Å²) in [6, 6.07) is 3.22. The van der Waals surface area contributed by atoms with Gasteiger partial charge in [0.25, 0.3) is 5.91 Å². The van der Waals surface area contributed by atoms with E-state index in [4.69, 9.17) is 14.2 Å². The molecule has 126 valence electrons. The van der Waals surface area contributed by atoms with E-state index in [2.05, 4.69) is 15.3 Å². The summed E-state index contributed by atoms with van der Waals surface area (Å²) in [4.78, 5) is 21.1. The molecule has 1 aromatic carbocycles. The van der Waals surface area contributed by atoms with Crippen LogP contribution in [0.25, 0.3) is 0 Å². The van der Waals surface area contributed by atoms with Crippen LogP contribution >= 0.6 is 0 Å². The van der Waals surface area contributed by atoms with Gasteiger partial charge in [0.2, 0.25) is 5.75 Å². The molecule has 0 saturated heterocycles. The molecule has 0 spiro atoms. The lowest BCUT2D eigenvalue weighted by Crippen LogP contribution is -2.15. The van der Waals surface area contributed by atoms with E-state index in [1.165, 1.54) is 27.7 Å². The Bertz CT molecular complexity index is 751. The fraction of sp³-hybridized carbons (Fsp3) is 0.353. The molecule has 7 heteroatoms. The highest BCUT2D eigenvalue weighted by atomic mass is 16.5. The number of carbonyl (C=O) groups is 1. The second-order valence-electron chi connectivity index (χ2n) is 5.37. The Morgan fingerprint density at radius 2 is 1.75 bits per heavy atom. The fourth-order valence-electron chi connectivity index (χ4n) is 2.86. The molecule has 24 heavy (non-hydrogen) atoms. The summed E-state index contributed by atoms with van der Waals surface area (Å²) in [5, 5.41) is 2.86. The Balaban J connectivity index is 1.92. The van der Waals surface area contributed by atoms with Crippen molar-refractivity contribution in [3.8, 4) is 17.2 Å². The largest absolute Gasteiger partial charge is 0.493 e. The molecule has 0 aliphatic heterocycles. The number of rotatable bonds is 5. The van der Waals surface area contributed by atoms with Gasteiger partial charge < -0.3 is 19.5 Å². The molecule has 1 aliphatic carbocycles. The number of hydrogen-bond acceptors (Lipinski definition) is 6. The van der Waals surface area contributed by atoms with Gasteiger partial charge in [-0.2, -0.15) is 0 Å². The first-order valence-corrected chi connectivity index (χ1v) is 7.62. The molecule has 0 atom stereocenters. The number of aromatic nitrogens is 2. The average Bonchev–Trinajstić information content (AvgIpc) is 3.10. The molecule has 0 saturated carbocycles. The van der Waals surface area contributed by atoms with Crippen molar-refractivity contribution < 1.29 is 19.0 Å².